The van der Waals surface area contributed by atoms with Gasteiger partial charge < -0.3 is 15.5 Å². The Morgan fingerprint density at radius 1 is 1.45 bits per heavy atom. The van der Waals surface area contributed by atoms with E-state index in [1.54, 1.807) is 6.92 Å². The van der Waals surface area contributed by atoms with Crippen molar-refractivity contribution in [2.75, 3.05) is 18.5 Å². The fraction of sp³-hybridized carbons (Fsp3) is 0.643. The summed E-state index contributed by atoms with van der Waals surface area (Å²) in [6, 6.07) is 0. The van der Waals surface area contributed by atoms with E-state index in [-0.39, 0.29) is 17.6 Å². The van der Waals surface area contributed by atoms with Crippen LogP contribution in [0.1, 0.15) is 48.2 Å². The Labute approximate surface area is 118 Å². The molecule has 3 N–H and O–H groups in total. The molecule has 2 rings (SSSR count). The summed E-state index contributed by atoms with van der Waals surface area (Å²) >= 11 is 0. The summed E-state index contributed by atoms with van der Waals surface area (Å²) < 4.78 is 0. The Kier molecular flexibility index (Phi) is 4.54. The van der Waals surface area contributed by atoms with Crippen LogP contribution in [0.15, 0.2) is 6.20 Å². The summed E-state index contributed by atoms with van der Waals surface area (Å²) in [5.74, 6) is -0.557. The van der Waals surface area contributed by atoms with Gasteiger partial charge in [0.1, 0.15) is 0 Å². The molecular weight excluding hydrogens is 258 g/mol. The van der Waals surface area contributed by atoms with Gasteiger partial charge in [-0.05, 0) is 31.6 Å². The number of carboxylic acid groups (broad SMARTS) is 1. The Morgan fingerprint density at radius 3 is 2.70 bits per heavy atom. The zero-order valence-corrected chi connectivity index (χ0v) is 11.7. The number of aromatic carboxylic acids is 1. The average Bonchev–Trinajstić information content (AvgIpc) is 2.85. The predicted molar refractivity (Wildman–Crippen MR) is 74.8 cm³/mol. The number of nitrogens with zero attached hydrogens (tertiary/aromatic N) is 2. The van der Waals surface area contributed by atoms with Crippen molar-refractivity contribution < 1.29 is 15.0 Å². The molecule has 6 heteroatoms. The van der Waals surface area contributed by atoms with Gasteiger partial charge in [-0.15, -0.1) is 0 Å². The van der Waals surface area contributed by atoms with E-state index in [2.05, 4.69) is 15.3 Å². The number of aliphatic hydroxyl groups excluding tert-OH is 1. The zero-order valence-electron chi connectivity index (χ0n) is 11.7. The second kappa shape index (κ2) is 6.17. The number of nitrogens with one attached hydrogen (secondary N) is 1. The number of rotatable bonds is 6. The molecule has 0 atom stereocenters. The van der Waals surface area contributed by atoms with Crippen molar-refractivity contribution in [3.63, 3.8) is 0 Å². The van der Waals surface area contributed by atoms with E-state index >= 15 is 0 Å². The van der Waals surface area contributed by atoms with Crippen molar-refractivity contribution >= 4 is 11.9 Å². The lowest BCUT2D eigenvalue weighted by molar-refractivity contribution is 0.0695. The fourth-order valence-electron chi connectivity index (χ4n) is 2.91. The minimum Gasteiger partial charge on any atom is -0.478 e. The Morgan fingerprint density at radius 2 is 2.15 bits per heavy atom. The lowest BCUT2D eigenvalue weighted by Gasteiger charge is -2.28. The third-order valence-electron chi connectivity index (χ3n) is 4.14. The predicted octanol–water partition coefficient (Wildman–Crippen LogP) is 1.84. The van der Waals surface area contributed by atoms with Crippen molar-refractivity contribution in [2.24, 2.45) is 5.41 Å². The van der Waals surface area contributed by atoms with E-state index in [0.29, 0.717) is 11.6 Å². The summed E-state index contributed by atoms with van der Waals surface area (Å²) in [6.07, 6.45) is 6.71. The molecule has 1 aromatic heterocycles. The summed E-state index contributed by atoms with van der Waals surface area (Å²) in [4.78, 5) is 19.1. The van der Waals surface area contributed by atoms with Gasteiger partial charge in [0.2, 0.25) is 5.95 Å². The number of aryl methyl sites for hydroxylation is 1. The molecule has 0 radical (unpaired) electrons. The molecule has 1 saturated carbocycles. The molecule has 1 aliphatic carbocycles. The first-order chi connectivity index (χ1) is 9.56. The molecule has 0 amide bonds. The van der Waals surface area contributed by atoms with Crippen LogP contribution in [0.2, 0.25) is 0 Å². The minimum absolute atomic E-state index is 0.123. The van der Waals surface area contributed by atoms with Crippen LogP contribution in [0.5, 0.6) is 0 Å². The zero-order chi connectivity index (χ0) is 14.6. The highest BCUT2D eigenvalue weighted by atomic mass is 16.4. The standard InChI is InChI=1S/C14H21N3O3/c1-10-11(12(19)20)8-15-13(17-10)16-9-14(6-7-18)4-2-3-5-14/h8,18H,2-7,9H2,1H3,(H,19,20)(H,15,16,17). The molecule has 1 aliphatic rings. The second-order valence-corrected chi connectivity index (χ2v) is 5.53. The van der Waals surface area contributed by atoms with E-state index in [0.717, 1.165) is 25.8 Å². The van der Waals surface area contributed by atoms with Crippen molar-refractivity contribution in [1.29, 1.82) is 0 Å². The van der Waals surface area contributed by atoms with Crippen LogP contribution in [0.3, 0.4) is 0 Å². The summed E-state index contributed by atoms with van der Waals surface area (Å²) in [7, 11) is 0. The van der Waals surface area contributed by atoms with Gasteiger partial charge in [-0.3, -0.25) is 0 Å². The van der Waals surface area contributed by atoms with Gasteiger partial charge in [-0.1, -0.05) is 12.8 Å². The summed E-state index contributed by atoms with van der Waals surface area (Å²) in [6.45, 7) is 2.58. The Bertz CT molecular complexity index is 485. The number of anilines is 1. The molecule has 6 nitrogen and oxygen atoms in total. The van der Waals surface area contributed by atoms with Gasteiger partial charge in [0, 0.05) is 19.3 Å². The highest BCUT2D eigenvalue weighted by Crippen LogP contribution is 2.40. The Hall–Kier alpha value is -1.69. The normalized spacial score (nSPS) is 17.1. The number of hydrogen-bond donors (Lipinski definition) is 3. The van der Waals surface area contributed by atoms with Gasteiger partial charge in [-0.25, -0.2) is 14.8 Å². The number of carboxylic acids is 1. The van der Waals surface area contributed by atoms with Crippen molar-refractivity contribution in [1.82, 2.24) is 9.97 Å². The first kappa shape index (κ1) is 14.7. The van der Waals surface area contributed by atoms with Crippen LogP contribution in [0, 0.1) is 12.3 Å². The van der Waals surface area contributed by atoms with Crippen LogP contribution >= 0.6 is 0 Å². The number of hydrogen-bond acceptors (Lipinski definition) is 5. The number of carbonyl (C=O) groups is 1. The maximum Gasteiger partial charge on any atom is 0.339 e. The molecule has 0 spiro atoms. The molecule has 110 valence electrons. The minimum atomic E-state index is -1.01. The average molecular weight is 279 g/mol. The van der Waals surface area contributed by atoms with Gasteiger partial charge in [0.15, 0.2) is 0 Å². The van der Waals surface area contributed by atoms with Gasteiger partial charge in [0.05, 0.1) is 11.3 Å². The van der Waals surface area contributed by atoms with Crippen LogP contribution in [0.4, 0.5) is 5.95 Å². The monoisotopic (exact) mass is 279 g/mol. The highest BCUT2D eigenvalue weighted by Gasteiger charge is 2.33. The molecule has 20 heavy (non-hydrogen) atoms. The third kappa shape index (κ3) is 3.25. The van der Waals surface area contributed by atoms with E-state index in [9.17, 15) is 9.90 Å². The largest absolute Gasteiger partial charge is 0.478 e. The quantitative estimate of drug-likeness (QED) is 0.735. The smallest absolute Gasteiger partial charge is 0.339 e. The fourth-order valence-corrected chi connectivity index (χ4v) is 2.91. The van der Waals surface area contributed by atoms with Crippen LogP contribution < -0.4 is 5.32 Å². The molecule has 0 aliphatic heterocycles. The maximum absolute atomic E-state index is 10.9. The van der Waals surface area contributed by atoms with Crippen LogP contribution in [0.25, 0.3) is 0 Å². The number of aromatic nitrogens is 2. The van der Waals surface area contributed by atoms with Crippen LogP contribution in [-0.2, 0) is 0 Å². The molecule has 0 unspecified atom stereocenters. The van der Waals surface area contributed by atoms with Gasteiger partial charge in [0.25, 0.3) is 0 Å². The molecular formula is C14H21N3O3. The molecule has 0 saturated heterocycles. The molecule has 0 aromatic carbocycles. The van der Waals surface area contributed by atoms with E-state index in [1.165, 1.54) is 19.0 Å². The molecule has 1 heterocycles. The lowest BCUT2D eigenvalue weighted by Crippen LogP contribution is -2.28. The third-order valence-corrected chi connectivity index (χ3v) is 4.14. The SMILES string of the molecule is Cc1nc(NCC2(CCO)CCCC2)ncc1C(=O)O. The maximum atomic E-state index is 10.9. The van der Waals surface area contributed by atoms with E-state index in [4.69, 9.17) is 5.11 Å². The van der Waals surface area contributed by atoms with Gasteiger partial charge >= 0.3 is 5.97 Å². The first-order valence-electron chi connectivity index (χ1n) is 6.98. The van der Waals surface area contributed by atoms with Crippen molar-refractivity contribution in [2.45, 2.75) is 39.0 Å². The Balaban J connectivity index is 2.03. The highest BCUT2D eigenvalue weighted by molar-refractivity contribution is 5.88. The van der Waals surface area contributed by atoms with E-state index < -0.39 is 5.97 Å². The first-order valence-corrected chi connectivity index (χ1v) is 6.98. The lowest BCUT2D eigenvalue weighted by atomic mass is 9.83. The molecule has 1 fully saturated rings. The van der Waals surface area contributed by atoms with E-state index in [1.807, 2.05) is 0 Å². The van der Waals surface area contributed by atoms with Crippen molar-refractivity contribution in [3.05, 3.63) is 17.5 Å². The van der Waals surface area contributed by atoms with Crippen molar-refractivity contribution in [3.8, 4) is 0 Å². The second-order valence-electron chi connectivity index (χ2n) is 5.53. The summed E-state index contributed by atoms with van der Waals surface area (Å²) in [5.41, 5.74) is 0.705. The number of aliphatic hydroxyl groups is 1. The molecule has 0 bridgehead atoms. The molecule has 1 aromatic rings. The van der Waals surface area contributed by atoms with Gasteiger partial charge in [-0.2, -0.15) is 0 Å². The van der Waals surface area contributed by atoms with Crippen LogP contribution in [-0.4, -0.2) is 39.3 Å². The topological polar surface area (TPSA) is 95.3 Å². The summed E-state index contributed by atoms with van der Waals surface area (Å²) in [5, 5.41) is 21.3.